The minimum atomic E-state index is 0.680. The van der Waals surface area contributed by atoms with Crippen LogP contribution in [0.1, 0.15) is 13.8 Å². The van der Waals surface area contributed by atoms with E-state index in [1.165, 1.54) is 12.1 Å². The van der Waals surface area contributed by atoms with Crippen LogP contribution in [0.25, 0.3) is 0 Å². The summed E-state index contributed by atoms with van der Waals surface area (Å²) in [6.45, 7) is 8.99. The van der Waals surface area contributed by atoms with Gasteiger partial charge in [-0.1, -0.05) is 0 Å². The molecular weight excluding hydrogens is 158 g/mol. The van der Waals surface area contributed by atoms with Crippen LogP contribution in [0.4, 0.5) is 0 Å². The van der Waals surface area contributed by atoms with Gasteiger partial charge in [-0.05, 0) is 13.8 Å². The van der Waals surface area contributed by atoms with E-state index in [0.29, 0.717) is 6.04 Å². The summed E-state index contributed by atoms with van der Waals surface area (Å²) >= 11 is 1.37. The van der Waals surface area contributed by atoms with Gasteiger partial charge in [0.15, 0.2) is 0 Å². The van der Waals surface area contributed by atoms with Gasteiger partial charge in [-0.3, -0.25) is 10.0 Å². The Hall–Kier alpha value is 0.230. The highest BCUT2D eigenvalue weighted by Gasteiger charge is 2.17. The fourth-order valence-electron chi connectivity index (χ4n) is 1.33. The van der Waals surface area contributed by atoms with E-state index in [4.69, 9.17) is 5.14 Å². The standard InChI is InChI=1S/C7H17N3S/c1-7(2)9-3-5-10(11-8)6-4-9/h7H,3-6,8H2,1-2H3. The van der Waals surface area contributed by atoms with Crippen LogP contribution in [-0.4, -0.2) is 41.4 Å². The van der Waals surface area contributed by atoms with E-state index in [0.717, 1.165) is 26.2 Å². The molecule has 0 atom stereocenters. The van der Waals surface area contributed by atoms with Crippen molar-refractivity contribution in [1.82, 2.24) is 9.21 Å². The van der Waals surface area contributed by atoms with Gasteiger partial charge in [-0.15, -0.1) is 0 Å². The lowest BCUT2D eigenvalue weighted by Crippen LogP contribution is -2.46. The summed E-state index contributed by atoms with van der Waals surface area (Å²) in [7, 11) is 0. The average molecular weight is 175 g/mol. The molecule has 2 N–H and O–H groups in total. The maximum absolute atomic E-state index is 5.45. The molecular formula is C7H17N3S. The van der Waals surface area contributed by atoms with Crippen molar-refractivity contribution in [2.24, 2.45) is 5.14 Å². The van der Waals surface area contributed by atoms with E-state index in [1.807, 2.05) is 0 Å². The van der Waals surface area contributed by atoms with E-state index in [-0.39, 0.29) is 0 Å². The molecule has 0 amide bonds. The first-order valence-corrected chi connectivity index (χ1v) is 4.93. The molecule has 0 radical (unpaired) electrons. The fourth-order valence-corrected chi connectivity index (χ4v) is 1.70. The van der Waals surface area contributed by atoms with Gasteiger partial charge < -0.3 is 0 Å². The molecule has 1 aliphatic rings. The SMILES string of the molecule is CC(C)N1CCN(SN)CC1. The molecule has 0 bridgehead atoms. The van der Waals surface area contributed by atoms with E-state index >= 15 is 0 Å². The molecule has 66 valence electrons. The third-order valence-corrected chi connectivity index (χ3v) is 2.82. The quantitative estimate of drug-likeness (QED) is 0.621. The Bertz CT molecular complexity index is 110. The molecule has 0 saturated carbocycles. The number of hydrogen-bond donors (Lipinski definition) is 1. The van der Waals surface area contributed by atoms with Gasteiger partial charge in [0.05, 0.1) is 0 Å². The lowest BCUT2D eigenvalue weighted by atomic mass is 10.3. The molecule has 0 aromatic carbocycles. The minimum absolute atomic E-state index is 0.680. The van der Waals surface area contributed by atoms with Crippen LogP contribution in [0, 0.1) is 0 Å². The predicted molar refractivity (Wildman–Crippen MR) is 50.1 cm³/mol. The summed E-state index contributed by atoms with van der Waals surface area (Å²) in [6, 6.07) is 0.680. The smallest absolute Gasteiger partial charge is 0.0230 e. The zero-order valence-corrected chi connectivity index (χ0v) is 8.10. The van der Waals surface area contributed by atoms with E-state index in [1.54, 1.807) is 0 Å². The van der Waals surface area contributed by atoms with Crippen LogP contribution in [-0.2, 0) is 0 Å². The van der Waals surface area contributed by atoms with E-state index in [9.17, 15) is 0 Å². The molecule has 0 aliphatic carbocycles. The Morgan fingerprint density at radius 2 is 1.73 bits per heavy atom. The Kier molecular flexibility index (Phi) is 3.65. The van der Waals surface area contributed by atoms with Gasteiger partial charge in [0.1, 0.15) is 0 Å². The minimum Gasteiger partial charge on any atom is -0.298 e. The second-order valence-corrected chi connectivity index (χ2v) is 3.89. The number of nitrogens with two attached hydrogens (primary N) is 1. The molecule has 1 rings (SSSR count). The molecule has 1 aliphatic heterocycles. The summed E-state index contributed by atoms with van der Waals surface area (Å²) < 4.78 is 2.21. The largest absolute Gasteiger partial charge is 0.298 e. The maximum Gasteiger partial charge on any atom is 0.0230 e. The van der Waals surface area contributed by atoms with Crippen molar-refractivity contribution in [2.45, 2.75) is 19.9 Å². The van der Waals surface area contributed by atoms with Crippen LogP contribution in [0.15, 0.2) is 0 Å². The van der Waals surface area contributed by atoms with E-state index < -0.39 is 0 Å². The average Bonchev–Trinajstić information content (AvgIpc) is 2.05. The third-order valence-electron chi connectivity index (χ3n) is 2.15. The summed E-state index contributed by atoms with van der Waals surface area (Å²) in [5, 5.41) is 5.45. The lowest BCUT2D eigenvalue weighted by Gasteiger charge is -2.35. The van der Waals surface area contributed by atoms with Crippen LogP contribution in [0.5, 0.6) is 0 Å². The molecule has 1 saturated heterocycles. The van der Waals surface area contributed by atoms with Gasteiger partial charge in [-0.2, -0.15) is 0 Å². The van der Waals surface area contributed by atoms with Crippen LogP contribution < -0.4 is 5.14 Å². The van der Waals surface area contributed by atoms with Crippen molar-refractivity contribution in [1.29, 1.82) is 0 Å². The van der Waals surface area contributed by atoms with Crippen molar-refractivity contribution < 1.29 is 0 Å². The van der Waals surface area contributed by atoms with Crippen molar-refractivity contribution in [3.05, 3.63) is 0 Å². The normalized spacial score (nSPS) is 22.9. The van der Waals surface area contributed by atoms with Crippen LogP contribution >= 0.6 is 12.1 Å². The summed E-state index contributed by atoms with van der Waals surface area (Å²) in [4.78, 5) is 2.48. The number of nitrogens with zero attached hydrogens (tertiary/aromatic N) is 2. The highest BCUT2D eigenvalue weighted by Crippen LogP contribution is 2.09. The van der Waals surface area contributed by atoms with Gasteiger partial charge in [0.25, 0.3) is 0 Å². The molecule has 0 spiro atoms. The second-order valence-electron chi connectivity index (χ2n) is 3.16. The first-order chi connectivity index (χ1) is 5.24. The van der Waals surface area contributed by atoms with Crippen molar-refractivity contribution in [3.8, 4) is 0 Å². The van der Waals surface area contributed by atoms with E-state index in [2.05, 4.69) is 23.1 Å². The first kappa shape index (κ1) is 9.32. The molecule has 3 nitrogen and oxygen atoms in total. The van der Waals surface area contributed by atoms with Crippen LogP contribution in [0.2, 0.25) is 0 Å². The molecule has 1 fully saturated rings. The van der Waals surface area contributed by atoms with Gasteiger partial charge in [0.2, 0.25) is 0 Å². The Morgan fingerprint density at radius 1 is 1.18 bits per heavy atom. The monoisotopic (exact) mass is 175 g/mol. The predicted octanol–water partition coefficient (Wildman–Crippen LogP) is 0.534. The zero-order chi connectivity index (χ0) is 8.27. The first-order valence-electron chi connectivity index (χ1n) is 4.10. The van der Waals surface area contributed by atoms with Crippen molar-refractivity contribution in [2.75, 3.05) is 26.2 Å². The molecule has 4 heteroatoms. The highest BCUT2D eigenvalue weighted by molar-refractivity contribution is 7.94. The van der Waals surface area contributed by atoms with Gasteiger partial charge >= 0.3 is 0 Å². The molecule has 1 heterocycles. The topological polar surface area (TPSA) is 32.5 Å². The number of piperazine rings is 1. The highest BCUT2D eigenvalue weighted by atomic mass is 32.2. The molecule has 0 unspecified atom stereocenters. The number of rotatable bonds is 2. The summed E-state index contributed by atoms with van der Waals surface area (Å²) in [6.07, 6.45) is 0. The molecule has 0 aromatic heterocycles. The summed E-state index contributed by atoms with van der Waals surface area (Å²) in [5.41, 5.74) is 0. The number of hydrogen-bond acceptors (Lipinski definition) is 4. The summed E-state index contributed by atoms with van der Waals surface area (Å²) in [5.74, 6) is 0. The van der Waals surface area contributed by atoms with Gasteiger partial charge in [0, 0.05) is 44.4 Å². The second kappa shape index (κ2) is 4.30. The molecule has 0 aromatic rings. The maximum atomic E-state index is 5.45. The Labute approximate surface area is 73.2 Å². The van der Waals surface area contributed by atoms with Crippen LogP contribution in [0.3, 0.4) is 0 Å². The molecule has 11 heavy (non-hydrogen) atoms. The van der Waals surface area contributed by atoms with Gasteiger partial charge in [-0.25, -0.2) is 4.31 Å². The third kappa shape index (κ3) is 2.63. The zero-order valence-electron chi connectivity index (χ0n) is 7.29. The van der Waals surface area contributed by atoms with Crippen molar-refractivity contribution in [3.63, 3.8) is 0 Å². The van der Waals surface area contributed by atoms with Crippen molar-refractivity contribution >= 4 is 12.1 Å². The Balaban J connectivity index is 2.24. The fraction of sp³-hybridized carbons (Fsp3) is 1.00. The Morgan fingerprint density at radius 3 is 2.09 bits per heavy atom. The lowest BCUT2D eigenvalue weighted by molar-refractivity contribution is 0.160.